The smallest absolute Gasteiger partial charge is 0.263 e. The largest absolute Gasteiger partial charge is 0.454 e. The average molecular weight is 392 g/mol. The van der Waals surface area contributed by atoms with Crippen molar-refractivity contribution in [2.24, 2.45) is 0 Å². The van der Waals surface area contributed by atoms with E-state index < -0.39 is 0 Å². The van der Waals surface area contributed by atoms with Crippen molar-refractivity contribution in [1.82, 2.24) is 25.3 Å². The molecule has 0 amide bonds. The van der Waals surface area contributed by atoms with Crippen LogP contribution >= 0.6 is 0 Å². The predicted octanol–water partition coefficient (Wildman–Crippen LogP) is 2.62. The number of hydrogen-bond acceptors (Lipinski definition) is 9. The highest BCUT2D eigenvalue weighted by atomic mass is 16.7. The van der Waals surface area contributed by atoms with Gasteiger partial charge in [-0.25, -0.2) is 19.9 Å². The number of nitrogens with one attached hydrogen (secondary N) is 2. The second kappa shape index (κ2) is 7.88. The Morgan fingerprint density at radius 1 is 1.14 bits per heavy atom. The SMILES string of the molecule is c1cnc(-c2cnc(NC[C@@H]3CCCN3)c(Oc3ccc4c(c3)OCO4)n2)nc1. The van der Waals surface area contributed by atoms with Crippen LogP contribution in [0.3, 0.4) is 0 Å². The number of anilines is 1. The molecule has 5 rings (SSSR count). The van der Waals surface area contributed by atoms with E-state index in [1.165, 1.54) is 6.42 Å². The van der Waals surface area contributed by atoms with Gasteiger partial charge in [-0.3, -0.25) is 0 Å². The number of nitrogens with zero attached hydrogens (tertiary/aromatic N) is 4. The van der Waals surface area contributed by atoms with Crippen LogP contribution in [0.4, 0.5) is 5.82 Å². The summed E-state index contributed by atoms with van der Waals surface area (Å²) in [5.74, 6) is 3.32. The Balaban J connectivity index is 1.43. The van der Waals surface area contributed by atoms with Crippen molar-refractivity contribution in [2.75, 3.05) is 25.2 Å². The monoisotopic (exact) mass is 392 g/mol. The molecule has 1 atom stereocenters. The Bertz CT molecular complexity index is 995. The molecular formula is C20H20N6O3. The highest BCUT2D eigenvalue weighted by Gasteiger charge is 2.19. The van der Waals surface area contributed by atoms with Gasteiger partial charge in [0.15, 0.2) is 23.1 Å². The van der Waals surface area contributed by atoms with E-state index in [2.05, 4.69) is 30.6 Å². The number of fused-ring (bicyclic) bond motifs is 1. The van der Waals surface area contributed by atoms with Gasteiger partial charge in [-0.15, -0.1) is 0 Å². The molecule has 2 aliphatic rings. The molecule has 2 N–H and O–H groups in total. The Kier molecular flexibility index (Phi) is 4.79. The minimum Gasteiger partial charge on any atom is -0.454 e. The second-order valence-electron chi connectivity index (χ2n) is 6.77. The fourth-order valence-electron chi connectivity index (χ4n) is 3.31. The van der Waals surface area contributed by atoms with Gasteiger partial charge < -0.3 is 24.8 Å². The molecule has 0 radical (unpaired) electrons. The molecule has 1 saturated heterocycles. The van der Waals surface area contributed by atoms with E-state index >= 15 is 0 Å². The first kappa shape index (κ1) is 17.6. The summed E-state index contributed by atoms with van der Waals surface area (Å²) in [5.41, 5.74) is 0.533. The molecule has 0 unspecified atom stereocenters. The average Bonchev–Trinajstić information content (AvgIpc) is 3.45. The number of hydrogen-bond donors (Lipinski definition) is 2. The summed E-state index contributed by atoms with van der Waals surface area (Å²) >= 11 is 0. The van der Waals surface area contributed by atoms with Gasteiger partial charge in [0, 0.05) is 31.0 Å². The van der Waals surface area contributed by atoms with Crippen LogP contribution < -0.4 is 24.8 Å². The Morgan fingerprint density at radius 2 is 2.03 bits per heavy atom. The maximum atomic E-state index is 6.06. The van der Waals surface area contributed by atoms with E-state index in [-0.39, 0.29) is 6.79 Å². The van der Waals surface area contributed by atoms with Gasteiger partial charge in [0.2, 0.25) is 6.79 Å². The summed E-state index contributed by atoms with van der Waals surface area (Å²) in [5, 5.41) is 6.81. The second-order valence-corrected chi connectivity index (χ2v) is 6.77. The lowest BCUT2D eigenvalue weighted by Gasteiger charge is -2.15. The van der Waals surface area contributed by atoms with Crippen molar-refractivity contribution in [3.63, 3.8) is 0 Å². The van der Waals surface area contributed by atoms with Crippen LogP contribution in [0.1, 0.15) is 12.8 Å². The third-order valence-electron chi connectivity index (χ3n) is 4.77. The first-order chi connectivity index (χ1) is 14.3. The third kappa shape index (κ3) is 3.90. The molecule has 9 heteroatoms. The molecule has 0 saturated carbocycles. The summed E-state index contributed by atoms with van der Waals surface area (Å²) in [7, 11) is 0. The number of ether oxygens (including phenoxy) is 3. The zero-order chi connectivity index (χ0) is 19.5. The van der Waals surface area contributed by atoms with Crippen LogP contribution in [-0.4, -0.2) is 45.9 Å². The summed E-state index contributed by atoms with van der Waals surface area (Å²) < 4.78 is 16.9. The van der Waals surface area contributed by atoms with Crippen molar-refractivity contribution in [3.05, 3.63) is 42.9 Å². The molecule has 3 aromatic rings. The van der Waals surface area contributed by atoms with E-state index in [1.54, 1.807) is 30.7 Å². The predicted molar refractivity (Wildman–Crippen MR) is 105 cm³/mol. The quantitative estimate of drug-likeness (QED) is 0.655. The lowest BCUT2D eigenvalue weighted by atomic mass is 10.2. The normalized spacial score (nSPS) is 17.3. The number of benzene rings is 1. The van der Waals surface area contributed by atoms with Crippen molar-refractivity contribution in [2.45, 2.75) is 18.9 Å². The van der Waals surface area contributed by atoms with Crippen LogP contribution in [-0.2, 0) is 0 Å². The van der Waals surface area contributed by atoms with Crippen LogP contribution in [0.25, 0.3) is 11.5 Å². The van der Waals surface area contributed by atoms with Crippen molar-refractivity contribution < 1.29 is 14.2 Å². The zero-order valence-electron chi connectivity index (χ0n) is 15.7. The molecule has 4 heterocycles. The highest BCUT2D eigenvalue weighted by molar-refractivity contribution is 5.56. The first-order valence-electron chi connectivity index (χ1n) is 9.54. The fraction of sp³-hybridized carbons (Fsp3) is 0.300. The molecule has 9 nitrogen and oxygen atoms in total. The molecule has 0 aliphatic carbocycles. The molecule has 29 heavy (non-hydrogen) atoms. The van der Waals surface area contributed by atoms with Crippen molar-refractivity contribution >= 4 is 5.82 Å². The van der Waals surface area contributed by atoms with Crippen LogP contribution in [0, 0.1) is 0 Å². The maximum absolute atomic E-state index is 6.06. The van der Waals surface area contributed by atoms with Gasteiger partial charge in [0.1, 0.15) is 11.4 Å². The third-order valence-corrected chi connectivity index (χ3v) is 4.77. The first-order valence-corrected chi connectivity index (χ1v) is 9.54. The van der Waals surface area contributed by atoms with Crippen LogP contribution in [0.15, 0.2) is 42.9 Å². The van der Waals surface area contributed by atoms with E-state index in [0.717, 1.165) is 19.5 Å². The number of aromatic nitrogens is 4. The van der Waals surface area contributed by atoms with E-state index in [4.69, 9.17) is 14.2 Å². The van der Waals surface area contributed by atoms with Crippen LogP contribution in [0.2, 0.25) is 0 Å². The minimum absolute atomic E-state index is 0.209. The summed E-state index contributed by atoms with van der Waals surface area (Å²) in [6, 6.07) is 7.56. The maximum Gasteiger partial charge on any atom is 0.263 e. The molecule has 0 spiro atoms. The minimum atomic E-state index is 0.209. The van der Waals surface area contributed by atoms with Gasteiger partial charge >= 0.3 is 0 Å². The summed E-state index contributed by atoms with van der Waals surface area (Å²) in [6.07, 6.45) is 7.30. The lowest BCUT2D eigenvalue weighted by molar-refractivity contribution is 0.174. The van der Waals surface area contributed by atoms with Crippen LogP contribution in [0.5, 0.6) is 23.1 Å². The van der Waals surface area contributed by atoms with Gasteiger partial charge in [-0.2, -0.15) is 0 Å². The van der Waals surface area contributed by atoms with Gasteiger partial charge in [0.25, 0.3) is 5.88 Å². The topological polar surface area (TPSA) is 103 Å². The standard InChI is InChI=1S/C20H20N6O3/c1-3-13(21-6-1)10-24-19-20(26-15(11-25-19)18-22-7-2-8-23-18)29-14-4-5-16-17(9-14)28-12-27-16/h2,4-5,7-9,11,13,21H,1,3,6,10,12H2,(H,24,25)/t13-/m0/s1. The van der Waals surface area contributed by atoms with E-state index in [9.17, 15) is 0 Å². The molecule has 148 valence electrons. The summed E-state index contributed by atoms with van der Waals surface area (Å²) in [6.45, 7) is 2.00. The van der Waals surface area contributed by atoms with E-state index in [0.29, 0.717) is 46.5 Å². The summed E-state index contributed by atoms with van der Waals surface area (Å²) in [4.78, 5) is 17.6. The Morgan fingerprint density at radius 3 is 2.90 bits per heavy atom. The molecule has 1 fully saturated rings. The molecule has 2 aliphatic heterocycles. The van der Waals surface area contributed by atoms with Gasteiger partial charge in [-0.1, -0.05) is 0 Å². The number of rotatable bonds is 6. The molecule has 0 bridgehead atoms. The molecular weight excluding hydrogens is 372 g/mol. The van der Waals surface area contributed by atoms with Crippen molar-refractivity contribution in [3.8, 4) is 34.6 Å². The Labute approximate surface area is 167 Å². The van der Waals surface area contributed by atoms with E-state index in [1.807, 2.05) is 12.1 Å². The molecule has 2 aromatic heterocycles. The zero-order valence-corrected chi connectivity index (χ0v) is 15.7. The van der Waals surface area contributed by atoms with Gasteiger partial charge in [-0.05, 0) is 37.6 Å². The lowest BCUT2D eigenvalue weighted by Crippen LogP contribution is -2.29. The molecule has 1 aromatic carbocycles. The van der Waals surface area contributed by atoms with Gasteiger partial charge in [0.05, 0.1) is 6.20 Å². The van der Waals surface area contributed by atoms with Crippen molar-refractivity contribution in [1.29, 1.82) is 0 Å². The Hall–Kier alpha value is -3.46. The highest BCUT2D eigenvalue weighted by Crippen LogP contribution is 2.37. The fourth-order valence-corrected chi connectivity index (χ4v) is 3.31.